The molecule has 6 heteroatoms. The number of rotatable bonds is 4. The van der Waals surface area contributed by atoms with Gasteiger partial charge in [0.25, 0.3) is 0 Å². The molecule has 0 fully saturated rings. The highest BCUT2D eigenvalue weighted by Gasteiger charge is 2.14. The normalized spacial score (nSPS) is 9.81. The second-order valence-corrected chi connectivity index (χ2v) is 3.37. The third kappa shape index (κ3) is 2.41. The lowest BCUT2D eigenvalue weighted by Gasteiger charge is -2.20. The topological polar surface area (TPSA) is 110 Å². The van der Waals surface area contributed by atoms with Gasteiger partial charge in [-0.2, -0.15) is 0 Å². The Morgan fingerprint density at radius 1 is 1.44 bits per heavy atom. The zero-order chi connectivity index (χ0) is 12.3. The van der Waals surface area contributed by atoms with Crippen LogP contribution in [0.5, 0.6) is 0 Å². The molecule has 16 heavy (non-hydrogen) atoms. The maximum atomic E-state index is 10.8. The Hall–Kier alpha value is -2.24. The van der Waals surface area contributed by atoms with Crippen LogP contribution in [-0.4, -0.2) is 30.6 Å². The molecule has 1 amide bonds. The zero-order valence-electron chi connectivity index (χ0n) is 8.80. The Morgan fingerprint density at radius 2 is 2.06 bits per heavy atom. The van der Waals surface area contributed by atoms with Gasteiger partial charge in [0, 0.05) is 7.05 Å². The number of likely N-dealkylation sites (N-methyl/N-ethyl adjacent to an activating group) is 1. The van der Waals surface area contributed by atoms with Gasteiger partial charge < -0.3 is 21.5 Å². The molecule has 0 saturated heterocycles. The molecule has 0 aromatic heterocycles. The minimum atomic E-state index is -1.10. The number of carbonyl (C=O) groups is 2. The summed E-state index contributed by atoms with van der Waals surface area (Å²) in [6.07, 6.45) is 0. The lowest BCUT2D eigenvalue weighted by molar-refractivity contribution is -0.116. The smallest absolute Gasteiger partial charge is 0.337 e. The number of carboxylic acid groups (broad SMARTS) is 1. The lowest BCUT2D eigenvalue weighted by atomic mass is 10.1. The Morgan fingerprint density at radius 3 is 2.56 bits per heavy atom. The fourth-order valence-corrected chi connectivity index (χ4v) is 1.39. The van der Waals surface area contributed by atoms with Crippen molar-refractivity contribution in [3.8, 4) is 0 Å². The molecule has 5 N–H and O–H groups in total. The summed E-state index contributed by atoms with van der Waals surface area (Å²) in [7, 11) is 1.61. The van der Waals surface area contributed by atoms with Gasteiger partial charge in [-0.25, -0.2) is 4.79 Å². The summed E-state index contributed by atoms with van der Waals surface area (Å²) < 4.78 is 0. The second-order valence-electron chi connectivity index (χ2n) is 3.37. The van der Waals surface area contributed by atoms with E-state index in [1.54, 1.807) is 19.2 Å². The lowest BCUT2D eigenvalue weighted by Crippen LogP contribution is -2.31. The molecule has 0 radical (unpaired) electrons. The summed E-state index contributed by atoms with van der Waals surface area (Å²) in [6.45, 7) is -0.0206. The summed E-state index contributed by atoms with van der Waals surface area (Å²) >= 11 is 0. The molecular weight excluding hydrogens is 210 g/mol. The predicted octanol–water partition coefficient (Wildman–Crippen LogP) is -0.111. The Bertz CT molecular complexity index is 431. The van der Waals surface area contributed by atoms with Crippen molar-refractivity contribution < 1.29 is 14.7 Å². The maximum absolute atomic E-state index is 10.8. The van der Waals surface area contributed by atoms with E-state index in [2.05, 4.69) is 0 Å². The molecule has 86 valence electrons. The number of benzene rings is 1. The minimum absolute atomic E-state index is 0.00817. The van der Waals surface area contributed by atoms with Gasteiger partial charge in [0.1, 0.15) is 0 Å². The number of para-hydroxylation sites is 1. The van der Waals surface area contributed by atoms with Crippen LogP contribution in [0.15, 0.2) is 18.2 Å². The summed E-state index contributed by atoms with van der Waals surface area (Å²) in [5.41, 5.74) is 11.3. The molecule has 1 aromatic carbocycles. The largest absolute Gasteiger partial charge is 0.478 e. The molecule has 0 spiro atoms. The number of nitrogens with two attached hydrogens (primary N) is 2. The van der Waals surface area contributed by atoms with Gasteiger partial charge >= 0.3 is 5.97 Å². The van der Waals surface area contributed by atoms with E-state index in [0.717, 1.165) is 0 Å². The van der Waals surface area contributed by atoms with Crippen molar-refractivity contribution in [2.45, 2.75) is 0 Å². The van der Waals surface area contributed by atoms with Gasteiger partial charge in [0.05, 0.1) is 23.5 Å². The van der Waals surface area contributed by atoms with E-state index in [4.69, 9.17) is 16.6 Å². The molecule has 0 aliphatic heterocycles. The molecule has 0 aliphatic rings. The van der Waals surface area contributed by atoms with Crippen LogP contribution >= 0.6 is 0 Å². The van der Waals surface area contributed by atoms with E-state index in [1.807, 2.05) is 0 Å². The Labute approximate surface area is 92.4 Å². The van der Waals surface area contributed by atoms with Gasteiger partial charge in [-0.3, -0.25) is 4.79 Å². The quantitative estimate of drug-likeness (QED) is 0.617. The van der Waals surface area contributed by atoms with Crippen LogP contribution in [0.4, 0.5) is 11.4 Å². The Kier molecular flexibility index (Phi) is 3.34. The van der Waals surface area contributed by atoms with E-state index < -0.39 is 11.9 Å². The number of carbonyl (C=O) groups excluding carboxylic acids is 1. The highest BCUT2D eigenvalue weighted by Crippen LogP contribution is 2.25. The fourth-order valence-electron chi connectivity index (χ4n) is 1.39. The SMILES string of the molecule is CN(CC(N)=O)c1cccc(C(=O)O)c1N. The van der Waals surface area contributed by atoms with Crippen LogP contribution in [-0.2, 0) is 4.79 Å². The van der Waals surface area contributed by atoms with E-state index in [-0.39, 0.29) is 17.8 Å². The molecule has 0 atom stereocenters. The number of nitrogen functional groups attached to an aromatic ring is 1. The molecule has 0 heterocycles. The highest BCUT2D eigenvalue weighted by atomic mass is 16.4. The summed E-state index contributed by atoms with van der Waals surface area (Å²) in [5, 5.41) is 8.86. The van der Waals surface area contributed by atoms with Crippen LogP contribution in [0, 0.1) is 0 Å². The number of hydrogen-bond donors (Lipinski definition) is 3. The van der Waals surface area contributed by atoms with E-state index in [1.165, 1.54) is 11.0 Å². The van der Waals surface area contributed by atoms with E-state index in [0.29, 0.717) is 5.69 Å². The molecule has 0 saturated carbocycles. The van der Waals surface area contributed by atoms with Crippen LogP contribution in [0.1, 0.15) is 10.4 Å². The fraction of sp³-hybridized carbons (Fsp3) is 0.200. The van der Waals surface area contributed by atoms with E-state index in [9.17, 15) is 9.59 Å². The maximum Gasteiger partial charge on any atom is 0.337 e. The second kappa shape index (κ2) is 4.52. The molecular formula is C10H13N3O3. The van der Waals surface area contributed by atoms with Crippen molar-refractivity contribution in [3.05, 3.63) is 23.8 Å². The molecule has 6 nitrogen and oxygen atoms in total. The number of aromatic carboxylic acids is 1. The minimum Gasteiger partial charge on any atom is -0.478 e. The van der Waals surface area contributed by atoms with Gasteiger partial charge in [-0.1, -0.05) is 6.07 Å². The predicted molar refractivity (Wildman–Crippen MR) is 60.3 cm³/mol. The van der Waals surface area contributed by atoms with E-state index >= 15 is 0 Å². The number of carboxylic acids is 1. The molecule has 1 rings (SSSR count). The standard InChI is InChI=1S/C10H13N3O3/c1-13(5-8(11)14)7-4-2-3-6(9(7)12)10(15)16/h2-4H,5,12H2,1H3,(H2,11,14)(H,15,16). The molecule has 0 bridgehead atoms. The van der Waals surface area contributed by atoms with Crippen molar-refractivity contribution in [2.75, 3.05) is 24.2 Å². The van der Waals surface area contributed by atoms with Crippen LogP contribution in [0.2, 0.25) is 0 Å². The first-order chi connectivity index (χ1) is 7.43. The van der Waals surface area contributed by atoms with Gasteiger partial charge in [-0.05, 0) is 12.1 Å². The van der Waals surface area contributed by atoms with Gasteiger partial charge in [0.15, 0.2) is 0 Å². The number of amides is 1. The summed E-state index contributed by atoms with van der Waals surface area (Å²) in [4.78, 5) is 23.1. The third-order valence-corrected chi connectivity index (χ3v) is 2.12. The first kappa shape index (κ1) is 11.8. The van der Waals surface area contributed by atoms with Crippen molar-refractivity contribution in [3.63, 3.8) is 0 Å². The number of primary amides is 1. The van der Waals surface area contributed by atoms with Crippen LogP contribution in [0.25, 0.3) is 0 Å². The van der Waals surface area contributed by atoms with Crippen LogP contribution in [0.3, 0.4) is 0 Å². The van der Waals surface area contributed by atoms with Crippen molar-refractivity contribution in [2.24, 2.45) is 5.73 Å². The van der Waals surface area contributed by atoms with Crippen molar-refractivity contribution in [1.29, 1.82) is 0 Å². The zero-order valence-corrected chi connectivity index (χ0v) is 8.80. The summed E-state index contributed by atoms with van der Waals surface area (Å²) in [5.74, 6) is -1.62. The monoisotopic (exact) mass is 223 g/mol. The number of hydrogen-bond acceptors (Lipinski definition) is 4. The van der Waals surface area contributed by atoms with Crippen LogP contribution < -0.4 is 16.4 Å². The van der Waals surface area contributed by atoms with Crippen molar-refractivity contribution >= 4 is 23.3 Å². The van der Waals surface area contributed by atoms with Gasteiger partial charge in [-0.15, -0.1) is 0 Å². The summed E-state index contributed by atoms with van der Waals surface area (Å²) in [6, 6.07) is 4.59. The highest BCUT2D eigenvalue weighted by molar-refractivity contribution is 5.97. The number of nitrogens with zero attached hydrogens (tertiary/aromatic N) is 1. The first-order valence-corrected chi connectivity index (χ1v) is 4.54. The van der Waals surface area contributed by atoms with Gasteiger partial charge in [0.2, 0.25) is 5.91 Å². The average Bonchev–Trinajstić information content (AvgIpc) is 2.16. The molecule has 0 unspecified atom stereocenters. The molecule has 1 aromatic rings. The average molecular weight is 223 g/mol. The number of anilines is 2. The molecule has 0 aliphatic carbocycles. The third-order valence-electron chi connectivity index (χ3n) is 2.12. The first-order valence-electron chi connectivity index (χ1n) is 4.54. The van der Waals surface area contributed by atoms with Crippen molar-refractivity contribution in [1.82, 2.24) is 0 Å². The Balaban J connectivity index is 3.10.